The largest absolute Gasteiger partial charge is 0.310 e. The van der Waals surface area contributed by atoms with Crippen LogP contribution in [0.3, 0.4) is 0 Å². The Bertz CT molecular complexity index is 372. The Kier molecular flexibility index (Phi) is 5.76. The lowest BCUT2D eigenvalue weighted by Crippen LogP contribution is -2.46. The van der Waals surface area contributed by atoms with E-state index in [9.17, 15) is 0 Å². The molecule has 0 atom stereocenters. The van der Waals surface area contributed by atoms with Gasteiger partial charge in [-0.05, 0) is 25.1 Å². The monoisotopic (exact) mass is 262 g/mol. The minimum Gasteiger partial charge on any atom is -0.310 e. The highest BCUT2D eigenvalue weighted by atomic mass is 15.2. The Hall–Kier alpha value is -0.970. The standard InChI is InChI=1S/C15H26N4/c1-3-14-5-4-6-17-15(14)13-16-7-8-19-11-9-18(2)10-12-19/h4-6,16H,3,7-13H2,1-2H3. The second-order valence-corrected chi connectivity index (χ2v) is 5.28. The van der Waals surface area contributed by atoms with Crippen molar-refractivity contribution in [3.63, 3.8) is 0 Å². The third kappa shape index (κ3) is 4.56. The summed E-state index contributed by atoms with van der Waals surface area (Å²) in [6, 6.07) is 4.19. The van der Waals surface area contributed by atoms with Crippen molar-refractivity contribution in [2.45, 2.75) is 19.9 Å². The number of aromatic nitrogens is 1. The van der Waals surface area contributed by atoms with Crippen LogP contribution in [0.5, 0.6) is 0 Å². The molecule has 0 radical (unpaired) electrons. The average Bonchev–Trinajstić information content (AvgIpc) is 2.46. The third-order valence-corrected chi connectivity index (χ3v) is 3.86. The summed E-state index contributed by atoms with van der Waals surface area (Å²) >= 11 is 0. The maximum absolute atomic E-state index is 4.46. The maximum Gasteiger partial charge on any atom is 0.0573 e. The molecule has 4 heteroatoms. The van der Waals surface area contributed by atoms with Gasteiger partial charge in [0, 0.05) is 52.0 Å². The number of hydrogen-bond acceptors (Lipinski definition) is 4. The molecular formula is C15H26N4. The predicted octanol–water partition coefficient (Wildman–Crippen LogP) is 0.981. The molecule has 1 aromatic heterocycles. The molecule has 2 rings (SSSR count). The van der Waals surface area contributed by atoms with E-state index in [0.29, 0.717) is 0 Å². The van der Waals surface area contributed by atoms with E-state index < -0.39 is 0 Å². The number of hydrogen-bond donors (Lipinski definition) is 1. The summed E-state index contributed by atoms with van der Waals surface area (Å²) in [6.07, 6.45) is 2.94. The van der Waals surface area contributed by atoms with Gasteiger partial charge in [0.05, 0.1) is 5.69 Å². The topological polar surface area (TPSA) is 31.4 Å². The van der Waals surface area contributed by atoms with E-state index in [1.165, 1.54) is 37.4 Å². The van der Waals surface area contributed by atoms with Crippen molar-refractivity contribution in [1.29, 1.82) is 0 Å². The van der Waals surface area contributed by atoms with Gasteiger partial charge in [-0.3, -0.25) is 9.88 Å². The summed E-state index contributed by atoms with van der Waals surface area (Å²) in [5, 5.41) is 3.52. The Balaban J connectivity index is 1.66. The van der Waals surface area contributed by atoms with E-state index in [0.717, 1.165) is 26.1 Å². The van der Waals surface area contributed by atoms with Gasteiger partial charge in [0.15, 0.2) is 0 Å². The molecule has 0 amide bonds. The second kappa shape index (κ2) is 7.58. The summed E-state index contributed by atoms with van der Waals surface area (Å²) < 4.78 is 0. The Morgan fingerprint density at radius 1 is 1.26 bits per heavy atom. The lowest BCUT2D eigenvalue weighted by Gasteiger charge is -2.32. The van der Waals surface area contributed by atoms with Gasteiger partial charge < -0.3 is 10.2 Å². The minimum atomic E-state index is 0.887. The number of likely N-dealkylation sites (N-methyl/N-ethyl adjacent to an activating group) is 1. The van der Waals surface area contributed by atoms with E-state index in [2.05, 4.69) is 40.1 Å². The number of pyridine rings is 1. The first-order chi connectivity index (χ1) is 9.29. The van der Waals surface area contributed by atoms with E-state index in [4.69, 9.17) is 0 Å². The van der Waals surface area contributed by atoms with Crippen LogP contribution in [0.15, 0.2) is 18.3 Å². The van der Waals surface area contributed by atoms with Gasteiger partial charge in [0.25, 0.3) is 0 Å². The van der Waals surface area contributed by atoms with Gasteiger partial charge in [-0.25, -0.2) is 0 Å². The molecule has 1 aliphatic heterocycles. The lowest BCUT2D eigenvalue weighted by atomic mass is 10.1. The highest BCUT2D eigenvalue weighted by Crippen LogP contribution is 2.05. The Morgan fingerprint density at radius 3 is 2.79 bits per heavy atom. The maximum atomic E-state index is 4.46. The van der Waals surface area contributed by atoms with E-state index >= 15 is 0 Å². The first-order valence-corrected chi connectivity index (χ1v) is 7.34. The van der Waals surface area contributed by atoms with Gasteiger partial charge in [-0.2, -0.15) is 0 Å². The van der Waals surface area contributed by atoms with Gasteiger partial charge in [-0.15, -0.1) is 0 Å². The van der Waals surface area contributed by atoms with Crippen molar-refractivity contribution < 1.29 is 0 Å². The zero-order chi connectivity index (χ0) is 13.5. The fraction of sp³-hybridized carbons (Fsp3) is 0.667. The van der Waals surface area contributed by atoms with Crippen LogP contribution in [0.1, 0.15) is 18.2 Å². The molecule has 106 valence electrons. The number of nitrogens with one attached hydrogen (secondary N) is 1. The molecule has 0 saturated carbocycles. The van der Waals surface area contributed by atoms with E-state index in [1.54, 1.807) is 0 Å². The van der Waals surface area contributed by atoms with Gasteiger partial charge in [0.2, 0.25) is 0 Å². The fourth-order valence-electron chi connectivity index (χ4n) is 2.47. The molecule has 1 fully saturated rings. The number of aryl methyl sites for hydroxylation is 1. The zero-order valence-corrected chi connectivity index (χ0v) is 12.2. The van der Waals surface area contributed by atoms with Gasteiger partial charge >= 0.3 is 0 Å². The van der Waals surface area contributed by atoms with Crippen LogP contribution in [-0.2, 0) is 13.0 Å². The van der Waals surface area contributed by atoms with Crippen LogP contribution in [0.2, 0.25) is 0 Å². The molecule has 4 nitrogen and oxygen atoms in total. The van der Waals surface area contributed by atoms with Crippen LogP contribution in [-0.4, -0.2) is 61.1 Å². The van der Waals surface area contributed by atoms with Crippen LogP contribution < -0.4 is 5.32 Å². The SMILES string of the molecule is CCc1cccnc1CNCCN1CCN(C)CC1. The first-order valence-electron chi connectivity index (χ1n) is 7.34. The van der Waals surface area contributed by atoms with Crippen LogP contribution in [0, 0.1) is 0 Å². The highest BCUT2D eigenvalue weighted by Gasteiger charge is 2.12. The lowest BCUT2D eigenvalue weighted by molar-refractivity contribution is 0.154. The molecule has 0 unspecified atom stereocenters. The third-order valence-electron chi connectivity index (χ3n) is 3.86. The second-order valence-electron chi connectivity index (χ2n) is 5.28. The smallest absolute Gasteiger partial charge is 0.0573 e. The molecule has 0 bridgehead atoms. The number of nitrogens with zero attached hydrogens (tertiary/aromatic N) is 3. The summed E-state index contributed by atoms with van der Waals surface area (Å²) in [4.78, 5) is 9.39. The Labute approximate surface area is 116 Å². The minimum absolute atomic E-state index is 0.887. The molecule has 2 heterocycles. The van der Waals surface area contributed by atoms with Crippen molar-refractivity contribution in [3.8, 4) is 0 Å². The Morgan fingerprint density at radius 2 is 2.05 bits per heavy atom. The van der Waals surface area contributed by atoms with Crippen molar-refractivity contribution in [2.24, 2.45) is 0 Å². The predicted molar refractivity (Wildman–Crippen MR) is 79.3 cm³/mol. The zero-order valence-electron chi connectivity index (χ0n) is 12.2. The fourth-order valence-corrected chi connectivity index (χ4v) is 2.47. The van der Waals surface area contributed by atoms with Crippen molar-refractivity contribution in [3.05, 3.63) is 29.6 Å². The summed E-state index contributed by atoms with van der Waals surface area (Å²) in [6.45, 7) is 10.0. The van der Waals surface area contributed by atoms with Crippen LogP contribution >= 0.6 is 0 Å². The molecule has 1 N–H and O–H groups in total. The molecule has 0 aromatic carbocycles. The number of piperazine rings is 1. The van der Waals surface area contributed by atoms with Crippen LogP contribution in [0.4, 0.5) is 0 Å². The highest BCUT2D eigenvalue weighted by molar-refractivity contribution is 5.19. The molecule has 1 aliphatic rings. The average molecular weight is 262 g/mol. The summed E-state index contributed by atoms with van der Waals surface area (Å²) in [5.41, 5.74) is 2.55. The van der Waals surface area contributed by atoms with Crippen molar-refractivity contribution in [1.82, 2.24) is 20.1 Å². The van der Waals surface area contributed by atoms with Gasteiger partial charge in [-0.1, -0.05) is 13.0 Å². The molecule has 19 heavy (non-hydrogen) atoms. The first kappa shape index (κ1) is 14.4. The molecule has 0 spiro atoms. The normalized spacial score (nSPS) is 17.8. The summed E-state index contributed by atoms with van der Waals surface area (Å²) in [5.74, 6) is 0. The molecular weight excluding hydrogens is 236 g/mol. The van der Waals surface area contributed by atoms with Crippen molar-refractivity contribution >= 4 is 0 Å². The molecule has 0 aliphatic carbocycles. The summed E-state index contributed by atoms with van der Waals surface area (Å²) in [7, 11) is 2.20. The number of rotatable bonds is 6. The quantitative estimate of drug-likeness (QED) is 0.775. The molecule has 1 saturated heterocycles. The van der Waals surface area contributed by atoms with Gasteiger partial charge in [0.1, 0.15) is 0 Å². The van der Waals surface area contributed by atoms with Crippen molar-refractivity contribution in [2.75, 3.05) is 46.3 Å². The van der Waals surface area contributed by atoms with E-state index in [-0.39, 0.29) is 0 Å². The molecule has 1 aromatic rings. The van der Waals surface area contributed by atoms with Crippen LogP contribution in [0.25, 0.3) is 0 Å². The van der Waals surface area contributed by atoms with E-state index in [1.807, 2.05) is 12.3 Å².